The van der Waals surface area contributed by atoms with Gasteiger partial charge in [-0.2, -0.15) is 0 Å². The Bertz CT molecular complexity index is 1020. The number of nitro groups is 1. The van der Waals surface area contributed by atoms with E-state index in [0.29, 0.717) is 23.4 Å². The fourth-order valence-corrected chi connectivity index (χ4v) is 4.20. The lowest BCUT2D eigenvalue weighted by Gasteiger charge is -2.20. The Kier molecular flexibility index (Phi) is 6.69. The van der Waals surface area contributed by atoms with Gasteiger partial charge in [0.05, 0.1) is 16.0 Å². The topological polar surface area (TPSA) is 92.6 Å². The van der Waals surface area contributed by atoms with Crippen LogP contribution in [0.2, 0.25) is 0 Å². The maximum absolute atomic E-state index is 13.0. The highest BCUT2D eigenvalue weighted by atomic mass is 32.2. The molecule has 0 aromatic heterocycles. The minimum Gasteiger partial charge on any atom is -0.316 e. The van der Waals surface area contributed by atoms with E-state index in [-0.39, 0.29) is 17.3 Å². The number of nitrogens with one attached hydrogen (secondary N) is 1. The Labute approximate surface area is 186 Å². The molecular formula is C23H27N3O4S. The van der Waals surface area contributed by atoms with Crippen LogP contribution in [-0.4, -0.2) is 29.5 Å². The summed E-state index contributed by atoms with van der Waals surface area (Å²) in [7, 11) is 0. The summed E-state index contributed by atoms with van der Waals surface area (Å²) in [5, 5.41) is 14.5. The summed E-state index contributed by atoms with van der Waals surface area (Å²) in [6.07, 6.45) is 4.76. The van der Waals surface area contributed by atoms with Crippen molar-refractivity contribution >= 4 is 40.6 Å². The third-order valence-corrected chi connectivity index (χ3v) is 6.38. The van der Waals surface area contributed by atoms with Crippen LogP contribution in [0, 0.1) is 10.1 Å². The molecule has 1 N–H and O–H groups in total. The minimum absolute atomic E-state index is 0.0796. The van der Waals surface area contributed by atoms with Gasteiger partial charge < -0.3 is 10.2 Å². The number of hydrogen-bond donors (Lipinski definition) is 1. The Hall–Kier alpha value is -2.87. The van der Waals surface area contributed by atoms with Gasteiger partial charge in [0.1, 0.15) is 5.69 Å². The highest BCUT2D eigenvalue weighted by Gasteiger charge is 2.45. The Morgan fingerprint density at radius 3 is 2.45 bits per heavy atom. The number of hydrogen-bond acceptors (Lipinski definition) is 5. The summed E-state index contributed by atoms with van der Waals surface area (Å²) in [5.41, 5.74) is 0.700. The number of carbonyl (C=O) groups is 2. The summed E-state index contributed by atoms with van der Waals surface area (Å²) < 4.78 is 0. The van der Waals surface area contributed by atoms with E-state index in [4.69, 9.17) is 0 Å². The molecule has 0 bridgehead atoms. The van der Waals surface area contributed by atoms with Gasteiger partial charge in [0.2, 0.25) is 5.91 Å². The van der Waals surface area contributed by atoms with Gasteiger partial charge in [-0.1, -0.05) is 19.8 Å². The number of anilines is 2. The number of rotatable bonds is 8. The first-order chi connectivity index (χ1) is 14.7. The highest BCUT2D eigenvalue weighted by molar-refractivity contribution is 7.98. The van der Waals surface area contributed by atoms with Crippen LogP contribution in [0.5, 0.6) is 0 Å². The highest BCUT2D eigenvalue weighted by Crippen LogP contribution is 2.46. The monoisotopic (exact) mass is 441 g/mol. The first kappa shape index (κ1) is 22.8. The SMILES string of the molecule is CCCCCN1C(=O)C(C)(C)c2cc(NC(=O)c3ccc(SC)cc3)c([N+](=O)[O-])cc21. The largest absolute Gasteiger partial charge is 0.316 e. The Morgan fingerprint density at radius 1 is 1.19 bits per heavy atom. The Morgan fingerprint density at radius 2 is 1.87 bits per heavy atom. The van der Waals surface area contributed by atoms with Crippen LogP contribution in [0.4, 0.5) is 17.1 Å². The molecule has 1 aliphatic heterocycles. The fraction of sp³-hybridized carbons (Fsp3) is 0.391. The maximum atomic E-state index is 13.0. The number of unbranched alkanes of at least 4 members (excludes halogenated alkanes) is 2. The fourth-order valence-electron chi connectivity index (χ4n) is 3.79. The normalized spacial score (nSPS) is 14.5. The van der Waals surface area contributed by atoms with Crippen LogP contribution in [0.15, 0.2) is 41.3 Å². The molecule has 0 fully saturated rings. The summed E-state index contributed by atoms with van der Waals surface area (Å²) in [4.78, 5) is 39.7. The number of nitro benzene ring substituents is 1. The smallest absolute Gasteiger partial charge is 0.294 e. The maximum Gasteiger partial charge on any atom is 0.294 e. The number of carbonyl (C=O) groups excluding carboxylic acids is 2. The van der Waals surface area contributed by atoms with E-state index >= 15 is 0 Å². The molecule has 0 saturated heterocycles. The molecular weight excluding hydrogens is 414 g/mol. The zero-order chi connectivity index (χ0) is 22.8. The predicted molar refractivity (Wildman–Crippen MR) is 124 cm³/mol. The molecule has 1 aliphatic rings. The van der Waals surface area contributed by atoms with Crippen molar-refractivity contribution in [2.45, 2.75) is 50.3 Å². The molecule has 0 unspecified atom stereocenters. The van der Waals surface area contributed by atoms with Crippen molar-refractivity contribution in [2.24, 2.45) is 0 Å². The molecule has 0 aliphatic carbocycles. The molecule has 3 rings (SSSR count). The molecule has 2 amide bonds. The lowest BCUT2D eigenvalue weighted by Crippen LogP contribution is -2.36. The van der Waals surface area contributed by atoms with Crippen LogP contribution in [0.1, 0.15) is 56.0 Å². The van der Waals surface area contributed by atoms with Crippen molar-refractivity contribution in [3.8, 4) is 0 Å². The van der Waals surface area contributed by atoms with Crippen molar-refractivity contribution in [3.63, 3.8) is 0 Å². The van der Waals surface area contributed by atoms with Crippen LogP contribution >= 0.6 is 11.8 Å². The van der Waals surface area contributed by atoms with Gasteiger partial charge in [-0.15, -0.1) is 11.8 Å². The summed E-state index contributed by atoms with van der Waals surface area (Å²) in [6, 6.07) is 10.0. The van der Waals surface area contributed by atoms with E-state index in [9.17, 15) is 19.7 Å². The molecule has 0 radical (unpaired) electrons. The van der Waals surface area contributed by atoms with Gasteiger partial charge in [-0.3, -0.25) is 19.7 Å². The number of benzene rings is 2. The van der Waals surface area contributed by atoms with Gasteiger partial charge in [0, 0.05) is 23.1 Å². The molecule has 2 aromatic rings. The lowest BCUT2D eigenvalue weighted by atomic mass is 9.85. The van der Waals surface area contributed by atoms with Gasteiger partial charge in [0.15, 0.2) is 0 Å². The zero-order valence-corrected chi connectivity index (χ0v) is 19.0. The Balaban J connectivity index is 1.98. The third-order valence-electron chi connectivity index (χ3n) is 5.64. The van der Waals surface area contributed by atoms with Crippen molar-refractivity contribution in [1.82, 2.24) is 0 Å². The average molecular weight is 442 g/mol. The summed E-state index contributed by atoms with van der Waals surface area (Å²) in [6.45, 7) is 6.23. The molecule has 0 saturated carbocycles. The minimum atomic E-state index is -0.823. The van der Waals surface area contributed by atoms with Crippen molar-refractivity contribution < 1.29 is 14.5 Å². The number of amides is 2. The van der Waals surface area contributed by atoms with E-state index in [2.05, 4.69) is 12.2 Å². The van der Waals surface area contributed by atoms with Gasteiger partial charge in [-0.25, -0.2) is 0 Å². The van der Waals surface area contributed by atoms with Gasteiger partial charge >= 0.3 is 0 Å². The van der Waals surface area contributed by atoms with Crippen molar-refractivity contribution in [3.05, 3.63) is 57.6 Å². The van der Waals surface area contributed by atoms with Gasteiger partial charge in [-0.05, 0) is 62.4 Å². The quantitative estimate of drug-likeness (QED) is 0.257. The standard InChI is InChI=1S/C23H27N3O4S/c1-5-6-7-12-25-19-14-20(26(29)30)18(13-17(19)23(2,3)22(25)28)24-21(27)15-8-10-16(31-4)11-9-15/h8-11,13-14H,5-7,12H2,1-4H3,(H,24,27). The van der Waals surface area contributed by atoms with E-state index in [1.54, 1.807) is 34.9 Å². The first-order valence-corrected chi connectivity index (χ1v) is 11.5. The lowest BCUT2D eigenvalue weighted by molar-refractivity contribution is -0.383. The van der Waals surface area contributed by atoms with Crippen LogP contribution in [0.25, 0.3) is 0 Å². The third kappa shape index (κ3) is 4.44. The van der Waals surface area contributed by atoms with E-state index in [1.807, 2.05) is 32.2 Å². The number of fused-ring (bicyclic) bond motifs is 1. The van der Waals surface area contributed by atoms with Crippen molar-refractivity contribution in [1.29, 1.82) is 0 Å². The summed E-state index contributed by atoms with van der Waals surface area (Å²) >= 11 is 1.56. The van der Waals surface area contributed by atoms with Crippen LogP contribution < -0.4 is 10.2 Å². The average Bonchev–Trinajstić information content (AvgIpc) is 2.93. The molecule has 8 heteroatoms. The molecule has 7 nitrogen and oxygen atoms in total. The molecule has 164 valence electrons. The predicted octanol–water partition coefficient (Wildman–Crippen LogP) is 5.38. The van der Waals surface area contributed by atoms with Crippen LogP contribution in [-0.2, 0) is 10.2 Å². The second kappa shape index (κ2) is 9.09. The van der Waals surface area contributed by atoms with E-state index in [0.717, 1.165) is 24.2 Å². The first-order valence-electron chi connectivity index (χ1n) is 10.3. The zero-order valence-electron chi connectivity index (χ0n) is 18.2. The van der Waals surface area contributed by atoms with E-state index in [1.165, 1.54) is 6.07 Å². The molecule has 0 spiro atoms. The second-order valence-electron chi connectivity index (χ2n) is 8.12. The van der Waals surface area contributed by atoms with E-state index < -0.39 is 16.2 Å². The summed E-state index contributed by atoms with van der Waals surface area (Å²) in [5.74, 6) is -0.512. The molecule has 2 aromatic carbocycles. The van der Waals surface area contributed by atoms with Crippen molar-refractivity contribution in [2.75, 3.05) is 23.0 Å². The molecule has 0 atom stereocenters. The number of nitrogens with zero attached hydrogens (tertiary/aromatic N) is 2. The molecule has 31 heavy (non-hydrogen) atoms. The molecule has 1 heterocycles. The van der Waals surface area contributed by atoms with Gasteiger partial charge in [0.25, 0.3) is 11.6 Å². The second-order valence-corrected chi connectivity index (χ2v) is 8.99. The number of thioether (sulfide) groups is 1. The van der Waals surface area contributed by atoms with Crippen LogP contribution in [0.3, 0.4) is 0 Å².